The van der Waals surface area contributed by atoms with Crippen LogP contribution in [0, 0.1) is 5.41 Å². The Hall–Kier alpha value is -2.28. The quantitative estimate of drug-likeness (QED) is 0.519. The van der Waals surface area contributed by atoms with Crippen molar-refractivity contribution in [2.75, 3.05) is 5.32 Å². The maximum Gasteiger partial charge on any atom is 0.0505 e. The normalized spacial score (nSPS) is 19.3. The molecule has 0 spiro atoms. The van der Waals surface area contributed by atoms with Crippen LogP contribution in [0.15, 0.2) is 60.7 Å². The van der Waals surface area contributed by atoms with Crippen LogP contribution in [0.25, 0.3) is 10.8 Å². The molecule has 1 aliphatic carbocycles. The summed E-state index contributed by atoms with van der Waals surface area (Å²) in [5.74, 6) is 0. The fourth-order valence-electron chi connectivity index (χ4n) is 4.72. The van der Waals surface area contributed by atoms with E-state index in [9.17, 15) is 0 Å². The molecule has 1 aliphatic rings. The summed E-state index contributed by atoms with van der Waals surface area (Å²) in [6, 6.07) is 21.7. The van der Waals surface area contributed by atoms with Gasteiger partial charge in [0.1, 0.15) is 0 Å². The summed E-state index contributed by atoms with van der Waals surface area (Å²) in [6.45, 7) is 14.5. The number of nitrogens with one attached hydrogen (secondary N) is 1. The van der Waals surface area contributed by atoms with E-state index in [1.54, 1.807) is 0 Å². The van der Waals surface area contributed by atoms with Crippen LogP contribution >= 0.6 is 0 Å². The third-order valence-electron chi connectivity index (χ3n) is 7.52. The third-order valence-corrected chi connectivity index (χ3v) is 7.52. The lowest BCUT2D eigenvalue weighted by molar-refractivity contribution is 0.125. The summed E-state index contributed by atoms with van der Waals surface area (Å²) >= 11 is 0. The lowest BCUT2D eigenvalue weighted by Crippen LogP contribution is -2.42. The minimum atomic E-state index is 0.0625. The Balaban J connectivity index is 2.09. The Morgan fingerprint density at radius 2 is 1.31 bits per heavy atom. The van der Waals surface area contributed by atoms with Gasteiger partial charge in [-0.1, -0.05) is 90.1 Å². The molecule has 3 aromatic rings. The summed E-state index contributed by atoms with van der Waals surface area (Å²) in [5.41, 5.74) is 5.67. The van der Waals surface area contributed by atoms with Crippen LogP contribution in [0.5, 0.6) is 0 Å². The summed E-state index contributed by atoms with van der Waals surface area (Å²) in [6.07, 6.45) is 0. The van der Waals surface area contributed by atoms with Crippen molar-refractivity contribution in [3.8, 4) is 0 Å². The average molecular weight is 344 g/mol. The average Bonchev–Trinajstić information content (AvgIpc) is 2.71. The van der Waals surface area contributed by atoms with Crippen molar-refractivity contribution in [1.82, 2.24) is 0 Å². The Bertz CT molecular complexity index is 978. The number of hydrogen-bond donors (Lipinski definition) is 1. The van der Waals surface area contributed by atoms with Gasteiger partial charge < -0.3 is 5.32 Å². The Morgan fingerprint density at radius 1 is 0.692 bits per heavy atom. The van der Waals surface area contributed by atoms with Crippen molar-refractivity contribution >= 4 is 22.1 Å². The van der Waals surface area contributed by atoms with Crippen molar-refractivity contribution in [1.29, 1.82) is 0 Å². The second kappa shape index (κ2) is 5.36. The minimum absolute atomic E-state index is 0.0625. The van der Waals surface area contributed by atoms with Gasteiger partial charge in [0.05, 0.1) is 5.69 Å². The third kappa shape index (κ3) is 2.09. The number of rotatable bonds is 2. The van der Waals surface area contributed by atoms with Crippen molar-refractivity contribution in [3.05, 3.63) is 71.8 Å². The fourth-order valence-corrected chi connectivity index (χ4v) is 4.72. The second-order valence-corrected chi connectivity index (χ2v) is 9.26. The first-order valence-corrected chi connectivity index (χ1v) is 9.57. The largest absolute Gasteiger partial charge is 0.355 e. The molecule has 0 bridgehead atoms. The molecular weight excluding hydrogens is 314 g/mol. The van der Waals surface area contributed by atoms with Gasteiger partial charge >= 0.3 is 0 Å². The van der Waals surface area contributed by atoms with Gasteiger partial charge in [-0.2, -0.15) is 0 Å². The first-order chi connectivity index (χ1) is 12.2. The first-order valence-electron chi connectivity index (χ1n) is 9.57. The van der Waals surface area contributed by atoms with Crippen LogP contribution in [0.2, 0.25) is 0 Å². The molecule has 0 aromatic heterocycles. The Morgan fingerprint density at radius 3 is 2.00 bits per heavy atom. The number of benzene rings is 3. The van der Waals surface area contributed by atoms with Gasteiger partial charge in [-0.05, 0) is 44.9 Å². The molecule has 1 heteroatoms. The maximum atomic E-state index is 3.78. The van der Waals surface area contributed by atoms with Crippen molar-refractivity contribution < 1.29 is 0 Å². The van der Waals surface area contributed by atoms with E-state index in [1.165, 1.54) is 27.6 Å². The van der Waals surface area contributed by atoms with Gasteiger partial charge in [-0.3, -0.25) is 0 Å². The predicted octanol–water partition coefficient (Wildman–Crippen LogP) is 7.18. The maximum absolute atomic E-state index is 3.78. The highest BCUT2D eigenvalue weighted by molar-refractivity contribution is 5.99. The molecule has 1 N–H and O–H groups in total. The topological polar surface area (TPSA) is 12.0 Å². The van der Waals surface area contributed by atoms with E-state index < -0.39 is 0 Å². The van der Waals surface area contributed by atoms with Crippen LogP contribution in [0.1, 0.15) is 52.7 Å². The monoisotopic (exact) mass is 343 g/mol. The smallest absolute Gasteiger partial charge is 0.0505 e. The zero-order valence-electron chi connectivity index (χ0n) is 16.8. The highest BCUT2D eigenvalue weighted by Crippen LogP contribution is 2.64. The van der Waals surface area contributed by atoms with E-state index in [1.807, 2.05) is 0 Å². The van der Waals surface area contributed by atoms with Gasteiger partial charge in [-0.15, -0.1) is 0 Å². The SMILES string of the molecule is CC1(C)c2cc3ccccc3c(Nc3ccccc3)c2C(C)(C)C1(C)C. The molecule has 26 heavy (non-hydrogen) atoms. The molecule has 3 aromatic carbocycles. The van der Waals surface area contributed by atoms with Crippen LogP contribution in [-0.2, 0) is 10.8 Å². The molecule has 0 atom stereocenters. The number of fused-ring (bicyclic) bond motifs is 2. The van der Waals surface area contributed by atoms with E-state index in [2.05, 4.69) is 108 Å². The van der Waals surface area contributed by atoms with Gasteiger partial charge in [0, 0.05) is 11.1 Å². The summed E-state index contributed by atoms with van der Waals surface area (Å²) in [7, 11) is 0. The zero-order chi connectivity index (χ0) is 18.7. The standard InChI is InChI=1S/C25H29N/c1-23(2)20-16-17-12-10-11-15-19(17)22(26-18-13-8-7-9-14-18)21(20)24(3,4)25(23,5)6/h7-16,26H,1-6H3. The van der Waals surface area contributed by atoms with Gasteiger partial charge in [0.15, 0.2) is 0 Å². The van der Waals surface area contributed by atoms with E-state index in [0.29, 0.717) is 0 Å². The highest BCUT2D eigenvalue weighted by Gasteiger charge is 2.57. The molecular formula is C25H29N. The molecule has 4 rings (SSSR count). The van der Waals surface area contributed by atoms with Crippen LogP contribution in [0.4, 0.5) is 11.4 Å². The molecule has 0 aliphatic heterocycles. The molecule has 0 heterocycles. The molecule has 0 amide bonds. The zero-order valence-corrected chi connectivity index (χ0v) is 16.8. The van der Waals surface area contributed by atoms with Gasteiger partial charge in [-0.25, -0.2) is 0 Å². The lowest BCUT2D eigenvalue weighted by Gasteiger charge is -2.44. The molecule has 1 nitrogen and oxygen atoms in total. The van der Waals surface area contributed by atoms with Crippen molar-refractivity contribution in [3.63, 3.8) is 0 Å². The van der Waals surface area contributed by atoms with Gasteiger partial charge in [0.25, 0.3) is 0 Å². The Kier molecular flexibility index (Phi) is 3.54. The molecule has 0 fully saturated rings. The fraction of sp³-hybridized carbons (Fsp3) is 0.360. The summed E-state index contributed by atoms with van der Waals surface area (Å²) in [4.78, 5) is 0. The number of hydrogen-bond acceptors (Lipinski definition) is 1. The second-order valence-electron chi connectivity index (χ2n) is 9.26. The molecule has 134 valence electrons. The van der Waals surface area contributed by atoms with E-state index >= 15 is 0 Å². The number of anilines is 2. The Labute approximate surface area is 157 Å². The van der Waals surface area contributed by atoms with Gasteiger partial charge in [0.2, 0.25) is 0 Å². The summed E-state index contributed by atoms with van der Waals surface area (Å²) < 4.78 is 0. The van der Waals surface area contributed by atoms with E-state index in [4.69, 9.17) is 0 Å². The van der Waals surface area contributed by atoms with Crippen LogP contribution in [-0.4, -0.2) is 0 Å². The summed E-state index contributed by atoms with van der Waals surface area (Å²) in [5, 5.41) is 6.39. The highest BCUT2D eigenvalue weighted by atomic mass is 14.9. The van der Waals surface area contributed by atoms with E-state index in [-0.39, 0.29) is 16.2 Å². The molecule has 0 radical (unpaired) electrons. The first kappa shape index (κ1) is 17.1. The minimum Gasteiger partial charge on any atom is -0.355 e. The van der Waals surface area contributed by atoms with E-state index in [0.717, 1.165) is 5.69 Å². The number of para-hydroxylation sites is 1. The van der Waals surface area contributed by atoms with Crippen LogP contribution in [0.3, 0.4) is 0 Å². The predicted molar refractivity (Wildman–Crippen MR) is 114 cm³/mol. The van der Waals surface area contributed by atoms with Crippen LogP contribution < -0.4 is 5.32 Å². The molecule has 0 saturated carbocycles. The molecule has 0 unspecified atom stereocenters. The van der Waals surface area contributed by atoms with Crippen molar-refractivity contribution in [2.45, 2.75) is 52.4 Å². The molecule has 0 saturated heterocycles. The lowest BCUT2D eigenvalue weighted by atomic mass is 9.59. The van der Waals surface area contributed by atoms with Crippen molar-refractivity contribution in [2.24, 2.45) is 5.41 Å².